The second-order valence-corrected chi connectivity index (χ2v) is 9.37. The minimum Gasteiger partial charge on any atom is -0.497 e. The average Bonchev–Trinajstić information content (AvgIpc) is 3.15. The molecule has 1 heterocycles. The summed E-state index contributed by atoms with van der Waals surface area (Å²) in [5, 5.41) is 3.58. The van der Waals surface area contributed by atoms with Crippen molar-refractivity contribution in [3.8, 4) is 5.75 Å². The summed E-state index contributed by atoms with van der Waals surface area (Å²) >= 11 is 11.9. The molecule has 3 aromatic carbocycles. The highest BCUT2D eigenvalue weighted by Crippen LogP contribution is 2.29. The number of nitrogens with one attached hydrogen (secondary N) is 1. The zero-order chi connectivity index (χ0) is 27.2. The Morgan fingerprint density at radius 1 is 1.03 bits per heavy atom. The quantitative estimate of drug-likeness (QED) is 0.304. The Kier molecular flexibility index (Phi) is 8.60. The summed E-state index contributed by atoms with van der Waals surface area (Å²) in [7, 11) is 2.91. The number of hydrogen-bond acceptors (Lipinski definition) is 6. The van der Waals surface area contributed by atoms with Crippen LogP contribution in [0.1, 0.15) is 22.3 Å². The molecule has 0 radical (unpaired) electrons. The number of carbonyl (C=O) groups excluding carboxylic acids is 3. The summed E-state index contributed by atoms with van der Waals surface area (Å²) in [6.45, 7) is 0.430. The molecule has 1 aliphatic rings. The first-order valence-corrected chi connectivity index (χ1v) is 12.6. The van der Waals surface area contributed by atoms with Crippen LogP contribution in [0.2, 0.25) is 5.02 Å². The number of anilines is 2. The van der Waals surface area contributed by atoms with Crippen molar-refractivity contribution < 1.29 is 23.9 Å². The molecular formula is C28H26ClN3O5S. The largest absolute Gasteiger partial charge is 0.497 e. The molecule has 38 heavy (non-hydrogen) atoms. The Bertz CT molecular complexity index is 1350. The van der Waals surface area contributed by atoms with Gasteiger partial charge >= 0.3 is 5.97 Å². The average molecular weight is 552 g/mol. The lowest BCUT2D eigenvalue weighted by Crippen LogP contribution is -2.39. The number of ether oxygens (including phenoxy) is 2. The molecule has 1 N–H and O–H groups in total. The van der Waals surface area contributed by atoms with E-state index in [0.717, 1.165) is 11.3 Å². The zero-order valence-corrected chi connectivity index (χ0v) is 22.4. The first-order chi connectivity index (χ1) is 18.3. The molecular weight excluding hydrogens is 526 g/mol. The Hall–Kier alpha value is -3.95. The fraction of sp³-hybridized carbons (Fsp3) is 0.214. The molecule has 2 amide bonds. The van der Waals surface area contributed by atoms with Crippen molar-refractivity contribution in [1.29, 1.82) is 0 Å². The number of halogens is 1. The maximum atomic E-state index is 13.6. The fourth-order valence-corrected chi connectivity index (χ4v) is 4.78. The van der Waals surface area contributed by atoms with Crippen LogP contribution in [0.5, 0.6) is 5.75 Å². The van der Waals surface area contributed by atoms with Crippen molar-refractivity contribution in [3.05, 3.63) is 88.9 Å². The van der Waals surface area contributed by atoms with Gasteiger partial charge < -0.3 is 19.7 Å². The van der Waals surface area contributed by atoms with Crippen molar-refractivity contribution >= 4 is 58.1 Å². The maximum absolute atomic E-state index is 13.6. The van der Waals surface area contributed by atoms with Gasteiger partial charge in [-0.2, -0.15) is 0 Å². The number of nitrogens with zero attached hydrogens (tertiary/aromatic N) is 2. The number of hydrogen-bond donors (Lipinski definition) is 1. The summed E-state index contributed by atoms with van der Waals surface area (Å²) in [6, 6.07) is 20.0. The van der Waals surface area contributed by atoms with Crippen molar-refractivity contribution in [3.63, 3.8) is 0 Å². The smallest absolute Gasteiger partial charge is 0.337 e. The van der Waals surface area contributed by atoms with Crippen LogP contribution < -0.4 is 15.0 Å². The maximum Gasteiger partial charge on any atom is 0.337 e. The molecule has 1 unspecified atom stereocenters. The molecule has 0 aliphatic carbocycles. The van der Waals surface area contributed by atoms with E-state index in [1.807, 2.05) is 24.3 Å². The van der Waals surface area contributed by atoms with Crippen LogP contribution in [0.4, 0.5) is 11.4 Å². The number of benzene rings is 3. The topological polar surface area (TPSA) is 88.2 Å². The van der Waals surface area contributed by atoms with Crippen LogP contribution >= 0.6 is 23.8 Å². The number of amides is 2. The first kappa shape index (κ1) is 27.1. The van der Waals surface area contributed by atoms with Gasteiger partial charge in [-0.15, -0.1) is 0 Å². The summed E-state index contributed by atoms with van der Waals surface area (Å²) in [5.41, 5.74) is 2.44. The number of thiocarbonyl (C=S) groups is 1. The van der Waals surface area contributed by atoms with E-state index in [2.05, 4.69) is 5.32 Å². The molecule has 0 spiro atoms. The first-order valence-electron chi connectivity index (χ1n) is 11.8. The lowest BCUT2D eigenvalue weighted by Gasteiger charge is -2.24. The van der Waals surface area contributed by atoms with Crippen LogP contribution in [0.25, 0.3) is 0 Å². The van der Waals surface area contributed by atoms with Gasteiger partial charge in [0.15, 0.2) is 5.11 Å². The Balaban J connectivity index is 1.52. The molecule has 1 fully saturated rings. The lowest BCUT2D eigenvalue weighted by molar-refractivity contribution is -0.124. The number of esters is 1. The highest BCUT2D eigenvalue weighted by molar-refractivity contribution is 7.80. The molecule has 1 saturated heterocycles. The minimum atomic E-state index is -0.797. The van der Waals surface area contributed by atoms with Crippen LogP contribution in [-0.2, 0) is 20.7 Å². The third kappa shape index (κ3) is 6.12. The number of carbonyl (C=O) groups is 3. The minimum absolute atomic E-state index is 0.114. The third-order valence-electron chi connectivity index (χ3n) is 6.15. The van der Waals surface area contributed by atoms with Crippen molar-refractivity contribution in [2.75, 3.05) is 31.0 Å². The molecule has 1 aliphatic heterocycles. The predicted molar refractivity (Wildman–Crippen MR) is 150 cm³/mol. The molecule has 196 valence electrons. The highest BCUT2D eigenvalue weighted by Gasteiger charge is 2.44. The highest BCUT2D eigenvalue weighted by atomic mass is 35.5. The summed E-state index contributed by atoms with van der Waals surface area (Å²) in [5.74, 6) is -0.383. The van der Waals surface area contributed by atoms with Gasteiger partial charge in [0, 0.05) is 17.3 Å². The second-order valence-electron chi connectivity index (χ2n) is 8.56. The fourth-order valence-electron chi connectivity index (χ4n) is 4.18. The van der Waals surface area contributed by atoms with E-state index in [9.17, 15) is 14.4 Å². The predicted octanol–water partition coefficient (Wildman–Crippen LogP) is 4.71. The second kappa shape index (κ2) is 12.1. The van der Waals surface area contributed by atoms with Crippen LogP contribution in [-0.4, -0.2) is 54.6 Å². The summed E-state index contributed by atoms with van der Waals surface area (Å²) < 4.78 is 9.92. The molecule has 0 bridgehead atoms. The van der Waals surface area contributed by atoms with E-state index in [0.29, 0.717) is 40.0 Å². The van der Waals surface area contributed by atoms with E-state index < -0.39 is 12.0 Å². The summed E-state index contributed by atoms with van der Waals surface area (Å²) in [4.78, 5) is 41.5. The zero-order valence-electron chi connectivity index (χ0n) is 20.8. The third-order valence-corrected chi connectivity index (χ3v) is 6.81. The number of methoxy groups -OCH3 is 2. The monoisotopic (exact) mass is 551 g/mol. The molecule has 8 nitrogen and oxygen atoms in total. The Morgan fingerprint density at radius 3 is 2.37 bits per heavy atom. The van der Waals surface area contributed by atoms with E-state index >= 15 is 0 Å². The molecule has 0 aromatic heterocycles. The van der Waals surface area contributed by atoms with Gasteiger partial charge in [-0.25, -0.2) is 4.79 Å². The molecule has 10 heteroatoms. The van der Waals surface area contributed by atoms with Gasteiger partial charge in [-0.05, 0) is 78.8 Å². The Morgan fingerprint density at radius 2 is 1.74 bits per heavy atom. The molecule has 3 aromatic rings. The lowest BCUT2D eigenvalue weighted by atomic mass is 10.1. The van der Waals surface area contributed by atoms with Gasteiger partial charge in [0.05, 0.1) is 31.9 Å². The van der Waals surface area contributed by atoms with Gasteiger partial charge in [-0.1, -0.05) is 29.8 Å². The van der Waals surface area contributed by atoms with E-state index in [4.69, 9.17) is 33.3 Å². The number of rotatable bonds is 9. The van der Waals surface area contributed by atoms with E-state index in [1.54, 1.807) is 60.5 Å². The van der Waals surface area contributed by atoms with Gasteiger partial charge in [0.1, 0.15) is 11.8 Å². The Labute approximate surface area is 231 Å². The van der Waals surface area contributed by atoms with Gasteiger partial charge in [0.25, 0.3) is 5.91 Å². The normalized spacial score (nSPS) is 15.0. The standard InChI is InChI=1S/C28H26ClN3O5S/c1-36-23-12-6-18(7-13-23)14-15-31-24(26(34)32(28(31)38)22-5-3-4-20(29)16-22)17-25(33)30-21-10-8-19(9-11-21)27(35)37-2/h3-13,16,24H,14-15,17H2,1-2H3,(H,30,33). The van der Waals surface area contributed by atoms with Gasteiger partial charge in [-0.3, -0.25) is 14.5 Å². The van der Waals surface area contributed by atoms with Crippen molar-refractivity contribution in [2.24, 2.45) is 0 Å². The van der Waals surface area contributed by atoms with Crippen LogP contribution in [0.3, 0.4) is 0 Å². The van der Waals surface area contributed by atoms with Crippen molar-refractivity contribution in [1.82, 2.24) is 4.90 Å². The SMILES string of the molecule is COC(=O)c1ccc(NC(=O)CC2C(=O)N(c3cccc(Cl)c3)C(=S)N2CCc2ccc(OC)cc2)cc1. The molecule has 4 rings (SSSR count). The molecule has 0 saturated carbocycles. The van der Waals surface area contributed by atoms with Crippen LogP contribution in [0.15, 0.2) is 72.8 Å². The summed E-state index contributed by atoms with van der Waals surface area (Å²) in [6.07, 6.45) is 0.491. The van der Waals surface area contributed by atoms with Crippen molar-refractivity contribution in [2.45, 2.75) is 18.9 Å². The van der Waals surface area contributed by atoms with Gasteiger partial charge in [0.2, 0.25) is 5.91 Å². The molecule has 1 atom stereocenters. The van der Waals surface area contributed by atoms with Crippen LogP contribution in [0, 0.1) is 0 Å². The van der Waals surface area contributed by atoms with E-state index in [-0.39, 0.29) is 18.2 Å². The van der Waals surface area contributed by atoms with E-state index in [1.165, 1.54) is 12.0 Å².